The molecule has 2 aliphatic rings. The number of hydrogen-bond donors (Lipinski definition) is 1. The fraction of sp³-hybridized carbons (Fsp3) is 0.600. The Kier molecular flexibility index (Phi) is 6.83. The van der Waals surface area contributed by atoms with Gasteiger partial charge in [0.2, 0.25) is 0 Å². The second kappa shape index (κ2) is 9.32. The zero-order chi connectivity index (χ0) is 20.1. The number of amides is 1. The lowest BCUT2D eigenvalue weighted by atomic mass is 10.0. The van der Waals surface area contributed by atoms with Gasteiger partial charge in [-0.25, -0.2) is 8.78 Å². The highest BCUT2D eigenvalue weighted by Crippen LogP contribution is 2.19. The minimum Gasteiger partial charge on any atom is -0.368 e. The summed E-state index contributed by atoms with van der Waals surface area (Å²) >= 11 is 0. The summed E-state index contributed by atoms with van der Waals surface area (Å²) in [5.74, 6) is -0.447. The third kappa shape index (κ3) is 4.79. The van der Waals surface area contributed by atoms with Crippen molar-refractivity contribution in [3.8, 4) is 0 Å². The Morgan fingerprint density at radius 2 is 2.00 bits per heavy atom. The number of hydrogen-bond acceptors (Lipinski definition) is 3. The summed E-state index contributed by atoms with van der Waals surface area (Å²) in [5.41, 5.74) is 0.469. The molecule has 1 aromatic carbocycles. The first kappa shape index (κ1) is 20.5. The number of carbonyl (C=O) groups excluding carboxylic acids is 1. The number of aliphatic imine (C=N–C) groups is 1. The number of ether oxygens (including phenoxy) is 1. The molecule has 154 valence electrons. The monoisotopic (exact) mass is 394 g/mol. The molecular formula is C20H28F2N4O2. The minimum atomic E-state index is -0.576. The molecule has 28 heavy (non-hydrogen) atoms. The average Bonchev–Trinajstić information content (AvgIpc) is 3.23. The molecule has 2 aliphatic heterocycles. The number of guanidine groups is 1. The van der Waals surface area contributed by atoms with Crippen molar-refractivity contribution in [1.29, 1.82) is 0 Å². The molecule has 1 N–H and O–H groups in total. The van der Waals surface area contributed by atoms with E-state index in [4.69, 9.17) is 4.74 Å². The Bertz CT molecular complexity index is 714. The van der Waals surface area contributed by atoms with Crippen molar-refractivity contribution in [3.05, 3.63) is 35.4 Å². The van der Waals surface area contributed by atoms with E-state index in [0.29, 0.717) is 44.9 Å². The summed E-state index contributed by atoms with van der Waals surface area (Å²) in [5, 5.41) is 3.27. The highest BCUT2D eigenvalue weighted by atomic mass is 19.1. The van der Waals surface area contributed by atoms with Crippen LogP contribution in [0.25, 0.3) is 0 Å². The van der Waals surface area contributed by atoms with E-state index in [1.54, 1.807) is 7.05 Å². The topological polar surface area (TPSA) is 57.2 Å². The maximum atomic E-state index is 14.0. The van der Waals surface area contributed by atoms with Crippen LogP contribution in [0.2, 0.25) is 0 Å². The van der Waals surface area contributed by atoms with Crippen molar-refractivity contribution in [2.75, 3.05) is 46.4 Å². The van der Waals surface area contributed by atoms with Crippen LogP contribution < -0.4 is 5.32 Å². The van der Waals surface area contributed by atoms with E-state index < -0.39 is 11.6 Å². The number of nitrogens with zero attached hydrogens (tertiary/aromatic N) is 3. The second-order valence-electron chi connectivity index (χ2n) is 7.31. The SMILES string of the molecule is CN=C(NCC(C)c1ccc(F)cc1F)N1CCN(C(=O)C2CCCO2)CC1. The van der Waals surface area contributed by atoms with Gasteiger partial charge in [-0.3, -0.25) is 9.79 Å². The minimum absolute atomic E-state index is 0.0838. The third-order valence-electron chi connectivity index (χ3n) is 5.37. The van der Waals surface area contributed by atoms with Crippen LogP contribution in [0.1, 0.15) is 31.2 Å². The molecular weight excluding hydrogens is 366 g/mol. The van der Waals surface area contributed by atoms with E-state index in [2.05, 4.69) is 15.2 Å². The molecule has 0 radical (unpaired) electrons. The molecule has 3 rings (SSSR count). The van der Waals surface area contributed by atoms with E-state index >= 15 is 0 Å². The molecule has 2 heterocycles. The van der Waals surface area contributed by atoms with Gasteiger partial charge >= 0.3 is 0 Å². The van der Waals surface area contributed by atoms with Crippen LogP contribution in [0.3, 0.4) is 0 Å². The predicted molar refractivity (Wildman–Crippen MR) is 103 cm³/mol. The van der Waals surface area contributed by atoms with E-state index in [0.717, 1.165) is 24.9 Å². The van der Waals surface area contributed by atoms with E-state index in [1.807, 2.05) is 11.8 Å². The van der Waals surface area contributed by atoms with Crippen molar-refractivity contribution in [3.63, 3.8) is 0 Å². The molecule has 1 aromatic rings. The summed E-state index contributed by atoms with van der Waals surface area (Å²) in [6.07, 6.45) is 1.47. The van der Waals surface area contributed by atoms with Gasteiger partial charge < -0.3 is 19.9 Å². The fourth-order valence-corrected chi connectivity index (χ4v) is 3.70. The van der Waals surface area contributed by atoms with Gasteiger partial charge in [0.25, 0.3) is 5.91 Å². The van der Waals surface area contributed by atoms with Gasteiger partial charge in [-0.2, -0.15) is 0 Å². The molecule has 0 bridgehead atoms. The molecule has 0 aliphatic carbocycles. The first-order valence-electron chi connectivity index (χ1n) is 9.80. The first-order chi connectivity index (χ1) is 13.5. The molecule has 1 amide bonds. The van der Waals surface area contributed by atoms with Crippen molar-refractivity contribution in [2.45, 2.75) is 31.8 Å². The Labute approximate surface area is 164 Å². The Morgan fingerprint density at radius 1 is 1.29 bits per heavy atom. The van der Waals surface area contributed by atoms with Gasteiger partial charge in [-0.05, 0) is 24.5 Å². The lowest BCUT2D eigenvalue weighted by Gasteiger charge is -2.37. The van der Waals surface area contributed by atoms with Crippen molar-refractivity contribution >= 4 is 11.9 Å². The average molecular weight is 394 g/mol. The highest BCUT2D eigenvalue weighted by molar-refractivity contribution is 5.82. The summed E-state index contributed by atoms with van der Waals surface area (Å²) in [7, 11) is 1.70. The zero-order valence-corrected chi connectivity index (χ0v) is 16.5. The van der Waals surface area contributed by atoms with Gasteiger partial charge in [-0.1, -0.05) is 13.0 Å². The second-order valence-corrected chi connectivity index (χ2v) is 7.31. The smallest absolute Gasteiger partial charge is 0.251 e. The van der Waals surface area contributed by atoms with E-state index in [-0.39, 0.29) is 17.9 Å². The molecule has 2 atom stereocenters. The van der Waals surface area contributed by atoms with Crippen LogP contribution in [-0.2, 0) is 9.53 Å². The number of nitrogens with one attached hydrogen (secondary N) is 1. The Balaban J connectivity index is 1.50. The normalized spacial score (nSPS) is 21.7. The van der Waals surface area contributed by atoms with Crippen LogP contribution in [0.4, 0.5) is 8.78 Å². The Hall–Kier alpha value is -2.22. The van der Waals surface area contributed by atoms with Gasteiger partial charge in [0.15, 0.2) is 5.96 Å². The molecule has 0 saturated carbocycles. The quantitative estimate of drug-likeness (QED) is 0.627. The van der Waals surface area contributed by atoms with Crippen molar-refractivity contribution in [2.24, 2.45) is 4.99 Å². The molecule has 2 saturated heterocycles. The third-order valence-corrected chi connectivity index (χ3v) is 5.37. The molecule has 6 nitrogen and oxygen atoms in total. The largest absolute Gasteiger partial charge is 0.368 e. The van der Waals surface area contributed by atoms with Gasteiger partial charge in [0, 0.05) is 58.4 Å². The number of benzene rings is 1. The summed E-state index contributed by atoms with van der Waals surface area (Å²) in [6.45, 7) is 5.64. The maximum absolute atomic E-state index is 14.0. The van der Waals surface area contributed by atoms with Crippen molar-refractivity contribution in [1.82, 2.24) is 15.1 Å². The molecule has 8 heteroatoms. The van der Waals surface area contributed by atoms with Crippen molar-refractivity contribution < 1.29 is 18.3 Å². The number of rotatable bonds is 4. The maximum Gasteiger partial charge on any atom is 0.251 e. The molecule has 0 spiro atoms. The fourth-order valence-electron chi connectivity index (χ4n) is 3.70. The predicted octanol–water partition coefficient (Wildman–Crippen LogP) is 1.97. The van der Waals surface area contributed by atoms with Gasteiger partial charge in [0.05, 0.1) is 0 Å². The first-order valence-corrected chi connectivity index (χ1v) is 9.80. The zero-order valence-electron chi connectivity index (χ0n) is 16.5. The summed E-state index contributed by atoms with van der Waals surface area (Å²) in [6, 6.07) is 3.66. The lowest BCUT2D eigenvalue weighted by Crippen LogP contribution is -2.55. The van der Waals surface area contributed by atoms with E-state index in [9.17, 15) is 13.6 Å². The van der Waals surface area contributed by atoms with Gasteiger partial charge in [0.1, 0.15) is 17.7 Å². The van der Waals surface area contributed by atoms with Crippen LogP contribution in [0.5, 0.6) is 0 Å². The van der Waals surface area contributed by atoms with E-state index in [1.165, 1.54) is 12.1 Å². The number of carbonyl (C=O) groups is 1. The van der Waals surface area contributed by atoms with Crippen LogP contribution in [-0.4, -0.2) is 74.1 Å². The molecule has 2 fully saturated rings. The summed E-state index contributed by atoms with van der Waals surface area (Å²) < 4.78 is 32.5. The standard InChI is InChI=1S/C20H28F2N4O2/c1-14(16-6-5-15(21)12-17(16)22)13-24-20(23-2)26-9-7-25(8-10-26)19(27)18-4-3-11-28-18/h5-6,12,14,18H,3-4,7-11,13H2,1-2H3,(H,23,24). The number of halogens is 2. The Morgan fingerprint density at radius 3 is 2.61 bits per heavy atom. The van der Waals surface area contributed by atoms with Crippen LogP contribution in [0.15, 0.2) is 23.2 Å². The molecule has 0 aromatic heterocycles. The highest BCUT2D eigenvalue weighted by Gasteiger charge is 2.31. The van der Waals surface area contributed by atoms with Crippen LogP contribution in [0, 0.1) is 11.6 Å². The van der Waals surface area contributed by atoms with Gasteiger partial charge in [-0.15, -0.1) is 0 Å². The molecule has 2 unspecified atom stereocenters. The van der Waals surface area contributed by atoms with Crippen LogP contribution >= 0.6 is 0 Å². The summed E-state index contributed by atoms with van der Waals surface area (Å²) in [4.78, 5) is 20.7. The number of piperazine rings is 1. The lowest BCUT2D eigenvalue weighted by molar-refractivity contribution is -0.142.